The van der Waals surface area contributed by atoms with Crippen molar-refractivity contribution >= 4 is 44.3 Å². The molecule has 2 nitrogen and oxygen atoms in total. The van der Waals surface area contributed by atoms with Gasteiger partial charge in [-0.1, -0.05) is 136 Å². The van der Waals surface area contributed by atoms with E-state index in [-0.39, 0.29) is 11.0 Å². The number of furan rings is 1. The first-order valence-electron chi connectivity index (χ1n) is 19.4. The molecule has 1 unspecified atom stereocenters. The smallest absolute Gasteiger partial charge is 0.145 e. The number of rotatable bonds is 9. The number of benzene rings is 4. The Balaban J connectivity index is 1.16. The second-order valence-electron chi connectivity index (χ2n) is 15.9. The van der Waals surface area contributed by atoms with Crippen LogP contribution in [-0.4, -0.2) is 5.54 Å². The van der Waals surface area contributed by atoms with Crippen molar-refractivity contribution in [2.24, 2.45) is 0 Å². The van der Waals surface area contributed by atoms with Crippen molar-refractivity contribution in [3.63, 3.8) is 0 Å². The molecule has 0 fully saturated rings. The Morgan fingerprint density at radius 2 is 1.75 bits per heavy atom. The number of fused-ring (bicyclic) bond motifs is 6. The van der Waals surface area contributed by atoms with E-state index in [1.807, 2.05) is 37.3 Å². The van der Waals surface area contributed by atoms with Gasteiger partial charge in [-0.05, 0) is 126 Å². The summed E-state index contributed by atoms with van der Waals surface area (Å²) in [5.74, 6) is 0. The SMILES string of the molecule is C=C(/C=C\C=C/C)c1c(NC2(C)C=C3C(=CC2)c2ccc(-c4cccc(C5=C(CCC)CCC=C5)c4C)cc2C3(C)C)ccc2c1oc1ccccc12. The average Bonchev–Trinajstić information content (AvgIpc) is 3.63. The van der Waals surface area contributed by atoms with Crippen molar-refractivity contribution in [1.82, 2.24) is 0 Å². The fourth-order valence-corrected chi connectivity index (χ4v) is 9.03. The van der Waals surface area contributed by atoms with E-state index in [1.165, 1.54) is 69.4 Å². The first-order valence-corrected chi connectivity index (χ1v) is 19.4. The van der Waals surface area contributed by atoms with Crippen LogP contribution >= 0.6 is 0 Å². The van der Waals surface area contributed by atoms with Crippen LogP contribution in [0.25, 0.3) is 49.8 Å². The number of allylic oxidation sites excluding steroid dienone is 11. The van der Waals surface area contributed by atoms with Crippen LogP contribution in [0.2, 0.25) is 0 Å². The number of hydrogen-bond donors (Lipinski definition) is 1. The van der Waals surface area contributed by atoms with Gasteiger partial charge in [0.1, 0.15) is 11.2 Å². The summed E-state index contributed by atoms with van der Waals surface area (Å²) in [5.41, 5.74) is 18.1. The third-order valence-electron chi connectivity index (χ3n) is 11.8. The van der Waals surface area contributed by atoms with Gasteiger partial charge in [0, 0.05) is 27.4 Å². The molecular weight excluding hydrogens is 643 g/mol. The summed E-state index contributed by atoms with van der Waals surface area (Å²) in [5, 5.41) is 6.23. The summed E-state index contributed by atoms with van der Waals surface area (Å²) in [7, 11) is 0. The Morgan fingerprint density at radius 3 is 2.58 bits per heavy atom. The molecule has 0 aliphatic heterocycles. The van der Waals surface area contributed by atoms with E-state index in [4.69, 9.17) is 4.42 Å². The lowest BCUT2D eigenvalue weighted by atomic mass is 9.76. The van der Waals surface area contributed by atoms with Crippen molar-refractivity contribution in [3.8, 4) is 11.1 Å². The van der Waals surface area contributed by atoms with Crippen LogP contribution in [0.4, 0.5) is 5.69 Å². The normalized spacial score (nSPS) is 19.3. The molecule has 1 atom stereocenters. The number of para-hydroxylation sites is 1. The van der Waals surface area contributed by atoms with Crippen molar-refractivity contribution in [2.75, 3.05) is 5.32 Å². The third kappa shape index (κ3) is 5.99. The van der Waals surface area contributed by atoms with E-state index >= 15 is 0 Å². The summed E-state index contributed by atoms with van der Waals surface area (Å²) in [6.07, 6.45) is 23.4. The van der Waals surface area contributed by atoms with Gasteiger partial charge in [0.05, 0.1) is 5.54 Å². The molecule has 53 heavy (non-hydrogen) atoms. The van der Waals surface area contributed by atoms with Gasteiger partial charge >= 0.3 is 0 Å². The standard InChI is InChI=1S/C51H51NO/c1-8-10-11-18-33(3)48-46(28-27-43-42-21-14-15-24-47(42)53-49(43)48)52-51(7)30-29-41-40-26-25-36(31-44(40)50(5,6)45(41)32-51)37-22-16-23-38(34(37)4)39-20-13-12-19-35(39)17-9-2/h8,10-11,13-16,18,20-29,31-32,52H,3,9,12,17,19,30H2,1-2,4-7H3/b10-8-,18-11-. The average molecular weight is 694 g/mol. The fraction of sp³-hybridized carbons (Fsp3) is 0.255. The highest BCUT2D eigenvalue weighted by molar-refractivity contribution is 6.11. The van der Waals surface area contributed by atoms with Crippen LogP contribution in [0.5, 0.6) is 0 Å². The predicted molar refractivity (Wildman–Crippen MR) is 229 cm³/mol. The Labute approximate surface area is 315 Å². The lowest BCUT2D eigenvalue weighted by Crippen LogP contribution is -2.35. The van der Waals surface area contributed by atoms with Gasteiger partial charge in [-0.15, -0.1) is 0 Å². The van der Waals surface area contributed by atoms with Gasteiger partial charge in [-0.25, -0.2) is 0 Å². The van der Waals surface area contributed by atoms with E-state index in [1.54, 1.807) is 5.57 Å². The molecule has 0 bridgehead atoms. The van der Waals surface area contributed by atoms with Crippen LogP contribution in [0.3, 0.4) is 0 Å². The van der Waals surface area contributed by atoms with Gasteiger partial charge < -0.3 is 9.73 Å². The maximum Gasteiger partial charge on any atom is 0.145 e. The van der Waals surface area contributed by atoms with Gasteiger partial charge in [-0.3, -0.25) is 0 Å². The van der Waals surface area contributed by atoms with Crippen molar-refractivity contribution in [2.45, 2.75) is 84.6 Å². The molecule has 0 saturated carbocycles. The van der Waals surface area contributed by atoms with E-state index in [2.05, 4.69) is 138 Å². The lowest BCUT2D eigenvalue weighted by molar-refractivity contribution is 0.599. The second-order valence-corrected chi connectivity index (χ2v) is 15.9. The maximum absolute atomic E-state index is 6.55. The first kappa shape index (κ1) is 34.7. The zero-order valence-corrected chi connectivity index (χ0v) is 32.2. The van der Waals surface area contributed by atoms with Gasteiger partial charge in [-0.2, -0.15) is 0 Å². The molecule has 1 heterocycles. The summed E-state index contributed by atoms with van der Waals surface area (Å²) in [4.78, 5) is 0. The van der Waals surface area contributed by atoms with Crippen LogP contribution in [0.1, 0.15) is 94.5 Å². The van der Waals surface area contributed by atoms with Gasteiger partial charge in [0.15, 0.2) is 0 Å². The Bertz CT molecular complexity index is 2480. The Hall–Kier alpha value is -5.34. The molecule has 0 saturated heterocycles. The maximum atomic E-state index is 6.55. The second kappa shape index (κ2) is 13.6. The number of nitrogens with one attached hydrogen (secondary N) is 1. The molecule has 4 aromatic carbocycles. The first-order chi connectivity index (χ1) is 25.6. The monoisotopic (exact) mass is 693 g/mol. The summed E-state index contributed by atoms with van der Waals surface area (Å²) < 4.78 is 6.55. The molecule has 3 aliphatic rings. The summed E-state index contributed by atoms with van der Waals surface area (Å²) in [6, 6.07) is 26.7. The van der Waals surface area contributed by atoms with E-state index in [0.717, 1.165) is 51.6 Å². The van der Waals surface area contributed by atoms with Crippen LogP contribution < -0.4 is 5.32 Å². The number of anilines is 1. The number of hydrogen-bond acceptors (Lipinski definition) is 2. The minimum absolute atomic E-state index is 0.153. The fourth-order valence-electron chi connectivity index (χ4n) is 9.03. The van der Waals surface area contributed by atoms with E-state index < -0.39 is 0 Å². The molecule has 8 rings (SSSR count). The molecule has 0 spiro atoms. The third-order valence-corrected chi connectivity index (χ3v) is 11.8. The topological polar surface area (TPSA) is 25.2 Å². The van der Waals surface area contributed by atoms with Crippen molar-refractivity contribution < 1.29 is 4.42 Å². The highest BCUT2D eigenvalue weighted by atomic mass is 16.3. The minimum atomic E-state index is -0.314. The van der Waals surface area contributed by atoms with E-state index in [9.17, 15) is 0 Å². The molecule has 1 N–H and O–H groups in total. The zero-order chi connectivity index (χ0) is 36.9. The van der Waals surface area contributed by atoms with Crippen molar-refractivity contribution in [3.05, 3.63) is 167 Å². The van der Waals surface area contributed by atoms with Gasteiger partial charge in [0.25, 0.3) is 0 Å². The summed E-state index contributed by atoms with van der Waals surface area (Å²) in [6.45, 7) is 18.3. The van der Waals surface area contributed by atoms with Crippen molar-refractivity contribution in [1.29, 1.82) is 0 Å². The molecule has 5 aromatic rings. The lowest BCUT2D eigenvalue weighted by Gasteiger charge is -2.35. The highest BCUT2D eigenvalue weighted by Gasteiger charge is 2.42. The quantitative estimate of drug-likeness (QED) is 0.155. The van der Waals surface area contributed by atoms with E-state index in [0.29, 0.717) is 0 Å². The molecule has 1 aromatic heterocycles. The van der Waals surface area contributed by atoms with Gasteiger partial charge in [0.2, 0.25) is 0 Å². The molecular formula is C51H51NO. The zero-order valence-electron chi connectivity index (χ0n) is 32.2. The molecule has 0 amide bonds. The van der Waals surface area contributed by atoms with Crippen LogP contribution in [0, 0.1) is 6.92 Å². The van der Waals surface area contributed by atoms with Crippen LogP contribution in [0.15, 0.2) is 144 Å². The highest BCUT2D eigenvalue weighted by Crippen LogP contribution is 2.54. The molecule has 2 heteroatoms. The minimum Gasteiger partial charge on any atom is -0.455 e. The Morgan fingerprint density at radius 1 is 0.925 bits per heavy atom. The largest absolute Gasteiger partial charge is 0.455 e. The predicted octanol–water partition coefficient (Wildman–Crippen LogP) is 14.5. The summed E-state index contributed by atoms with van der Waals surface area (Å²) >= 11 is 0. The Kier molecular flexibility index (Phi) is 8.89. The molecule has 266 valence electrons. The van der Waals surface area contributed by atoms with Crippen LogP contribution in [-0.2, 0) is 5.41 Å². The molecule has 3 aliphatic carbocycles. The molecule has 0 radical (unpaired) electrons.